The largest absolute Gasteiger partial charge is 0.316 e. The quantitative estimate of drug-likeness (QED) is 0.660. The van der Waals surface area contributed by atoms with Gasteiger partial charge in [-0.2, -0.15) is 0 Å². The SMILES string of the molecule is CCNCC(C)S(=O)(=O)Nc1cc(Br)ccc1I. The summed E-state index contributed by atoms with van der Waals surface area (Å²) in [5.41, 5.74) is 0.605. The Morgan fingerprint density at radius 2 is 2.11 bits per heavy atom. The Balaban J connectivity index is 2.85. The molecule has 0 amide bonds. The zero-order chi connectivity index (χ0) is 13.8. The molecule has 0 heterocycles. The summed E-state index contributed by atoms with van der Waals surface area (Å²) in [6.45, 7) is 4.84. The lowest BCUT2D eigenvalue weighted by atomic mass is 10.3. The van der Waals surface area contributed by atoms with Crippen LogP contribution in [-0.4, -0.2) is 26.8 Å². The Bertz CT molecular complexity index is 508. The van der Waals surface area contributed by atoms with Crippen molar-refractivity contribution in [1.82, 2.24) is 5.32 Å². The lowest BCUT2D eigenvalue weighted by Crippen LogP contribution is -2.34. The summed E-state index contributed by atoms with van der Waals surface area (Å²) in [4.78, 5) is 0. The summed E-state index contributed by atoms with van der Waals surface area (Å²) in [7, 11) is -3.36. The number of halogens is 2. The Morgan fingerprint density at radius 3 is 2.72 bits per heavy atom. The summed E-state index contributed by atoms with van der Waals surface area (Å²) in [6.07, 6.45) is 0. The highest BCUT2D eigenvalue weighted by Gasteiger charge is 2.21. The first kappa shape index (κ1) is 16.2. The van der Waals surface area contributed by atoms with E-state index in [1.807, 2.05) is 19.1 Å². The molecular weight excluding hydrogens is 431 g/mol. The monoisotopic (exact) mass is 446 g/mol. The van der Waals surface area contributed by atoms with Gasteiger partial charge in [-0.05, 0) is 54.3 Å². The first-order chi connectivity index (χ1) is 8.36. The number of sulfonamides is 1. The Hall–Kier alpha value is 0.140. The summed E-state index contributed by atoms with van der Waals surface area (Å²) in [6, 6.07) is 5.50. The van der Waals surface area contributed by atoms with Crippen LogP contribution in [0.2, 0.25) is 0 Å². The van der Waals surface area contributed by atoms with Gasteiger partial charge in [0.2, 0.25) is 10.0 Å². The van der Waals surface area contributed by atoms with Gasteiger partial charge < -0.3 is 5.32 Å². The van der Waals surface area contributed by atoms with E-state index in [2.05, 4.69) is 48.6 Å². The molecule has 1 aromatic rings. The van der Waals surface area contributed by atoms with Gasteiger partial charge in [0.15, 0.2) is 0 Å². The van der Waals surface area contributed by atoms with Gasteiger partial charge in [-0.25, -0.2) is 8.42 Å². The summed E-state index contributed by atoms with van der Waals surface area (Å²) >= 11 is 5.44. The van der Waals surface area contributed by atoms with Crippen LogP contribution in [0.1, 0.15) is 13.8 Å². The predicted molar refractivity (Wildman–Crippen MR) is 87.4 cm³/mol. The maximum absolute atomic E-state index is 12.1. The first-order valence-electron chi connectivity index (χ1n) is 5.54. The van der Waals surface area contributed by atoms with Crippen molar-refractivity contribution in [2.45, 2.75) is 19.1 Å². The van der Waals surface area contributed by atoms with Crippen LogP contribution >= 0.6 is 38.5 Å². The second-order valence-corrected chi connectivity index (χ2v) is 8.07. The summed E-state index contributed by atoms with van der Waals surface area (Å²) < 4.78 is 28.5. The van der Waals surface area contributed by atoms with Crippen molar-refractivity contribution < 1.29 is 8.42 Å². The van der Waals surface area contributed by atoms with Crippen molar-refractivity contribution in [1.29, 1.82) is 0 Å². The van der Waals surface area contributed by atoms with Gasteiger partial charge in [0.1, 0.15) is 0 Å². The van der Waals surface area contributed by atoms with E-state index in [1.54, 1.807) is 13.0 Å². The molecule has 2 N–H and O–H groups in total. The molecule has 0 bridgehead atoms. The number of benzene rings is 1. The molecule has 102 valence electrons. The van der Waals surface area contributed by atoms with Crippen molar-refractivity contribution in [3.63, 3.8) is 0 Å². The van der Waals surface area contributed by atoms with Gasteiger partial charge in [-0.3, -0.25) is 4.72 Å². The average Bonchev–Trinajstić information content (AvgIpc) is 2.30. The van der Waals surface area contributed by atoms with Crippen LogP contribution in [0.5, 0.6) is 0 Å². The number of hydrogen-bond donors (Lipinski definition) is 2. The molecule has 0 fully saturated rings. The van der Waals surface area contributed by atoms with Gasteiger partial charge in [0.25, 0.3) is 0 Å². The fourth-order valence-electron chi connectivity index (χ4n) is 1.29. The molecule has 7 heteroatoms. The first-order valence-corrected chi connectivity index (χ1v) is 8.96. The Kier molecular flexibility index (Phi) is 6.36. The van der Waals surface area contributed by atoms with Crippen LogP contribution in [0.25, 0.3) is 0 Å². The van der Waals surface area contributed by atoms with Crippen molar-refractivity contribution in [2.24, 2.45) is 0 Å². The second kappa shape index (κ2) is 7.06. The minimum atomic E-state index is -3.36. The normalized spacial score (nSPS) is 13.3. The van der Waals surface area contributed by atoms with Crippen molar-refractivity contribution in [3.8, 4) is 0 Å². The molecule has 0 saturated carbocycles. The van der Waals surface area contributed by atoms with Gasteiger partial charge in [-0.15, -0.1) is 0 Å². The van der Waals surface area contributed by atoms with Crippen LogP contribution in [0.4, 0.5) is 5.69 Å². The topological polar surface area (TPSA) is 58.2 Å². The van der Waals surface area contributed by atoms with Gasteiger partial charge in [0, 0.05) is 14.6 Å². The summed E-state index contributed by atoms with van der Waals surface area (Å²) in [5.74, 6) is 0. The molecule has 0 aliphatic heterocycles. The molecule has 0 spiro atoms. The second-order valence-electron chi connectivity index (χ2n) is 3.89. The molecule has 1 aromatic carbocycles. The number of nitrogens with one attached hydrogen (secondary N) is 2. The van der Waals surface area contributed by atoms with Gasteiger partial charge in [-0.1, -0.05) is 22.9 Å². The molecule has 1 rings (SSSR count). The highest BCUT2D eigenvalue weighted by Crippen LogP contribution is 2.24. The fourth-order valence-corrected chi connectivity index (χ4v) is 3.32. The van der Waals surface area contributed by atoms with Crippen molar-refractivity contribution >= 4 is 54.2 Å². The molecule has 18 heavy (non-hydrogen) atoms. The van der Waals surface area contributed by atoms with E-state index in [1.165, 1.54) is 0 Å². The van der Waals surface area contributed by atoms with E-state index in [4.69, 9.17) is 0 Å². The van der Waals surface area contributed by atoms with Crippen LogP contribution in [0.15, 0.2) is 22.7 Å². The molecule has 0 saturated heterocycles. The third-order valence-electron chi connectivity index (χ3n) is 2.39. The van der Waals surface area contributed by atoms with Crippen LogP contribution in [-0.2, 0) is 10.0 Å². The highest BCUT2D eigenvalue weighted by molar-refractivity contribution is 14.1. The van der Waals surface area contributed by atoms with Crippen LogP contribution < -0.4 is 10.0 Å². The molecular formula is C11H16BrIN2O2S. The Labute approximate surface area is 130 Å². The number of rotatable bonds is 6. The molecule has 1 unspecified atom stereocenters. The molecule has 1 atom stereocenters. The van der Waals surface area contributed by atoms with Crippen molar-refractivity contribution in [2.75, 3.05) is 17.8 Å². The van der Waals surface area contributed by atoms with E-state index in [9.17, 15) is 8.42 Å². The highest BCUT2D eigenvalue weighted by atomic mass is 127. The number of hydrogen-bond acceptors (Lipinski definition) is 3. The van der Waals surface area contributed by atoms with E-state index < -0.39 is 15.3 Å². The van der Waals surface area contributed by atoms with Crippen LogP contribution in [0.3, 0.4) is 0 Å². The minimum absolute atomic E-state index is 0.441. The van der Waals surface area contributed by atoms with Gasteiger partial charge >= 0.3 is 0 Å². The summed E-state index contributed by atoms with van der Waals surface area (Å²) in [5, 5.41) is 2.56. The lowest BCUT2D eigenvalue weighted by Gasteiger charge is -2.16. The zero-order valence-electron chi connectivity index (χ0n) is 10.2. The maximum atomic E-state index is 12.1. The average molecular weight is 447 g/mol. The van der Waals surface area contributed by atoms with E-state index in [-0.39, 0.29) is 0 Å². The maximum Gasteiger partial charge on any atom is 0.236 e. The van der Waals surface area contributed by atoms with Crippen LogP contribution in [0, 0.1) is 3.57 Å². The zero-order valence-corrected chi connectivity index (χ0v) is 14.8. The van der Waals surface area contributed by atoms with Gasteiger partial charge in [0.05, 0.1) is 10.9 Å². The van der Waals surface area contributed by atoms with E-state index >= 15 is 0 Å². The molecule has 4 nitrogen and oxygen atoms in total. The molecule has 0 aromatic heterocycles. The molecule has 0 radical (unpaired) electrons. The predicted octanol–water partition coefficient (Wildman–Crippen LogP) is 2.79. The smallest absolute Gasteiger partial charge is 0.236 e. The minimum Gasteiger partial charge on any atom is -0.316 e. The lowest BCUT2D eigenvalue weighted by molar-refractivity contribution is 0.579. The fraction of sp³-hybridized carbons (Fsp3) is 0.455. The van der Waals surface area contributed by atoms with E-state index in [0.29, 0.717) is 12.2 Å². The molecule has 0 aliphatic carbocycles. The molecule has 0 aliphatic rings. The third-order valence-corrected chi connectivity index (χ3v) is 5.56. The number of anilines is 1. The Morgan fingerprint density at radius 1 is 1.44 bits per heavy atom. The third kappa shape index (κ3) is 4.67. The van der Waals surface area contributed by atoms with Crippen molar-refractivity contribution in [3.05, 3.63) is 26.2 Å². The standard InChI is InChI=1S/C11H16BrIN2O2S/c1-3-14-7-8(2)18(16,17)15-11-6-9(12)4-5-10(11)13/h4-6,8,14-15H,3,7H2,1-2H3. The van der Waals surface area contributed by atoms with E-state index in [0.717, 1.165) is 14.6 Å².